The first-order valence-corrected chi connectivity index (χ1v) is 7.22. The first-order chi connectivity index (χ1) is 9.54. The van der Waals surface area contributed by atoms with Crippen LogP contribution in [0, 0.1) is 5.92 Å². The quantitative estimate of drug-likeness (QED) is 0.890. The summed E-state index contributed by atoms with van der Waals surface area (Å²) < 4.78 is 6.33. The maximum Gasteiger partial charge on any atom is 0.303 e. The molecule has 1 aliphatic heterocycles. The third kappa shape index (κ3) is 4.23. The number of amides is 1. The van der Waals surface area contributed by atoms with E-state index in [9.17, 15) is 9.59 Å². The van der Waals surface area contributed by atoms with Gasteiger partial charge in [-0.05, 0) is 30.5 Å². The maximum absolute atomic E-state index is 12.0. The van der Waals surface area contributed by atoms with Gasteiger partial charge in [0, 0.05) is 24.0 Å². The van der Waals surface area contributed by atoms with Crippen LogP contribution in [0.25, 0.3) is 0 Å². The van der Waals surface area contributed by atoms with Crippen LogP contribution in [-0.2, 0) is 9.59 Å². The van der Waals surface area contributed by atoms with Crippen LogP contribution in [0.2, 0.25) is 0 Å². The average Bonchev–Trinajstić information content (AvgIpc) is 2.84. The van der Waals surface area contributed by atoms with E-state index in [1.54, 1.807) is 17.0 Å². The molecule has 2 rings (SSSR count). The molecule has 6 heteroatoms. The number of benzene rings is 1. The minimum absolute atomic E-state index is 0.0176. The molecule has 1 amide bonds. The molecule has 0 radical (unpaired) electrons. The van der Waals surface area contributed by atoms with Crippen molar-refractivity contribution in [3.63, 3.8) is 0 Å². The SMILES string of the molecule is O=C(O)CC1CCN(C(=O)COc2cccc(Br)c2)C1. The number of carbonyl (C=O) groups excluding carboxylic acids is 1. The number of carboxylic acids is 1. The molecular formula is C14H16BrNO4. The van der Waals surface area contributed by atoms with Gasteiger partial charge in [-0.25, -0.2) is 0 Å². The van der Waals surface area contributed by atoms with E-state index in [0.29, 0.717) is 18.8 Å². The highest BCUT2D eigenvalue weighted by atomic mass is 79.9. The number of nitrogens with zero attached hydrogens (tertiary/aromatic N) is 1. The molecule has 108 valence electrons. The molecule has 1 fully saturated rings. The topological polar surface area (TPSA) is 66.8 Å². The van der Waals surface area contributed by atoms with Crippen molar-refractivity contribution >= 4 is 27.8 Å². The number of rotatable bonds is 5. The standard InChI is InChI=1S/C14H16BrNO4/c15-11-2-1-3-12(7-11)20-9-13(17)16-5-4-10(8-16)6-14(18)19/h1-3,7,10H,4-6,8-9H2,(H,18,19). The number of carboxylic acid groups (broad SMARTS) is 1. The van der Waals surface area contributed by atoms with Crippen LogP contribution in [0.4, 0.5) is 0 Å². The van der Waals surface area contributed by atoms with Gasteiger partial charge in [-0.3, -0.25) is 9.59 Å². The molecule has 1 aliphatic rings. The van der Waals surface area contributed by atoms with Crippen LogP contribution in [0.3, 0.4) is 0 Å². The van der Waals surface area contributed by atoms with Crippen LogP contribution >= 0.6 is 15.9 Å². The summed E-state index contributed by atoms with van der Waals surface area (Å²) >= 11 is 3.34. The largest absolute Gasteiger partial charge is 0.484 e. The van der Waals surface area contributed by atoms with Crippen molar-refractivity contribution in [2.75, 3.05) is 19.7 Å². The van der Waals surface area contributed by atoms with Crippen molar-refractivity contribution in [3.05, 3.63) is 28.7 Å². The summed E-state index contributed by atoms with van der Waals surface area (Å²) in [4.78, 5) is 24.3. The Labute approximate surface area is 125 Å². The van der Waals surface area contributed by atoms with Crippen LogP contribution in [0.5, 0.6) is 5.75 Å². The third-order valence-electron chi connectivity index (χ3n) is 3.26. The van der Waals surface area contributed by atoms with E-state index in [2.05, 4.69) is 15.9 Å². The molecule has 0 aliphatic carbocycles. The number of ether oxygens (including phenoxy) is 1. The molecule has 1 N–H and O–H groups in total. The lowest BCUT2D eigenvalue weighted by molar-refractivity contribution is -0.138. The zero-order valence-corrected chi connectivity index (χ0v) is 12.5. The van der Waals surface area contributed by atoms with Crippen LogP contribution in [-0.4, -0.2) is 41.6 Å². The Bertz CT molecular complexity index is 506. The fourth-order valence-electron chi connectivity index (χ4n) is 2.27. The normalized spacial score (nSPS) is 18.1. The lowest BCUT2D eigenvalue weighted by Gasteiger charge is -2.16. The molecule has 0 spiro atoms. The zero-order chi connectivity index (χ0) is 14.5. The fraction of sp³-hybridized carbons (Fsp3) is 0.429. The van der Waals surface area contributed by atoms with Crippen molar-refractivity contribution in [2.24, 2.45) is 5.92 Å². The van der Waals surface area contributed by atoms with E-state index in [0.717, 1.165) is 10.9 Å². The highest BCUT2D eigenvalue weighted by Crippen LogP contribution is 2.21. The van der Waals surface area contributed by atoms with Crippen LogP contribution in [0.15, 0.2) is 28.7 Å². The number of hydrogen-bond donors (Lipinski definition) is 1. The minimum Gasteiger partial charge on any atom is -0.484 e. The summed E-state index contributed by atoms with van der Waals surface area (Å²) in [5.74, 6) is -0.219. The van der Waals surface area contributed by atoms with Crippen molar-refractivity contribution in [2.45, 2.75) is 12.8 Å². The molecule has 0 aromatic heterocycles. The van der Waals surface area contributed by atoms with Crippen LogP contribution < -0.4 is 4.74 Å². The molecule has 20 heavy (non-hydrogen) atoms. The summed E-state index contributed by atoms with van der Waals surface area (Å²) in [7, 11) is 0. The Morgan fingerprint density at radius 1 is 1.45 bits per heavy atom. The maximum atomic E-state index is 12.0. The Morgan fingerprint density at radius 3 is 2.95 bits per heavy atom. The lowest BCUT2D eigenvalue weighted by atomic mass is 10.1. The first-order valence-electron chi connectivity index (χ1n) is 6.42. The summed E-state index contributed by atoms with van der Waals surface area (Å²) in [6.45, 7) is 1.10. The van der Waals surface area contributed by atoms with Gasteiger partial charge in [0.05, 0.1) is 0 Å². The molecule has 5 nitrogen and oxygen atoms in total. The molecule has 1 atom stereocenters. The Kier molecular flexibility index (Phi) is 5.00. The van der Waals surface area contributed by atoms with Gasteiger partial charge in [-0.2, -0.15) is 0 Å². The molecule has 0 bridgehead atoms. The van der Waals surface area contributed by atoms with E-state index in [1.807, 2.05) is 12.1 Å². The molecule has 1 unspecified atom stereocenters. The van der Waals surface area contributed by atoms with Crippen molar-refractivity contribution in [3.8, 4) is 5.75 Å². The highest BCUT2D eigenvalue weighted by Gasteiger charge is 2.27. The summed E-state index contributed by atoms with van der Waals surface area (Å²) in [5, 5.41) is 8.74. The summed E-state index contributed by atoms with van der Waals surface area (Å²) in [6.07, 6.45) is 0.866. The fourth-order valence-corrected chi connectivity index (χ4v) is 2.64. The van der Waals surface area contributed by atoms with Gasteiger partial charge in [-0.1, -0.05) is 22.0 Å². The first kappa shape index (κ1) is 14.8. The van der Waals surface area contributed by atoms with Gasteiger partial charge < -0.3 is 14.7 Å². The molecule has 0 saturated carbocycles. The lowest BCUT2D eigenvalue weighted by Crippen LogP contribution is -2.33. The van der Waals surface area contributed by atoms with E-state index in [-0.39, 0.29) is 24.9 Å². The van der Waals surface area contributed by atoms with Crippen LogP contribution in [0.1, 0.15) is 12.8 Å². The molecule has 1 aromatic carbocycles. The van der Waals surface area contributed by atoms with Gasteiger partial charge in [-0.15, -0.1) is 0 Å². The van der Waals surface area contributed by atoms with E-state index >= 15 is 0 Å². The van der Waals surface area contributed by atoms with Gasteiger partial charge in [0.15, 0.2) is 6.61 Å². The van der Waals surface area contributed by atoms with Crippen molar-refractivity contribution in [1.29, 1.82) is 0 Å². The van der Waals surface area contributed by atoms with Gasteiger partial charge in [0.2, 0.25) is 0 Å². The smallest absolute Gasteiger partial charge is 0.303 e. The Morgan fingerprint density at radius 2 is 2.25 bits per heavy atom. The monoisotopic (exact) mass is 341 g/mol. The zero-order valence-electron chi connectivity index (χ0n) is 10.9. The predicted octanol–water partition coefficient (Wildman–Crippen LogP) is 2.15. The number of carbonyl (C=O) groups is 2. The number of halogens is 1. The van der Waals surface area contributed by atoms with E-state index < -0.39 is 5.97 Å². The molecule has 1 saturated heterocycles. The van der Waals surface area contributed by atoms with Crippen molar-refractivity contribution < 1.29 is 19.4 Å². The second-order valence-electron chi connectivity index (χ2n) is 4.84. The van der Waals surface area contributed by atoms with Gasteiger partial charge in [0.25, 0.3) is 5.91 Å². The van der Waals surface area contributed by atoms with E-state index in [1.165, 1.54) is 0 Å². The van der Waals surface area contributed by atoms with Crippen molar-refractivity contribution in [1.82, 2.24) is 4.90 Å². The average molecular weight is 342 g/mol. The van der Waals surface area contributed by atoms with E-state index in [4.69, 9.17) is 9.84 Å². The number of likely N-dealkylation sites (tertiary alicyclic amines) is 1. The summed E-state index contributed by atoms with van der Waals surface area (Å²) in [6, 6.07) is 7.30. The predicted molar refractivity (Wildman–Crippen MR) is 76.6 cm³/mol. The third-order valence-corrected chi connectivity index (χ3v) is 3.75. The second-order valence-corrected chi connectivity index (χ2v) is 5.75. The number of aliphatic carboxylic acids is 1. The Balaban J connectivity index is 1.80. The number of hydrogen-bond acceptors (Lipinski definition) is 3. The molecular weight excluding hydrogens is 326 g/mol. The molecule has 1 heterocycles. The minimum atomic E-state index is -0.810. The van der Waals surface area contributed by atoms with Gasteiger partial charge >= 0.3 is 5.97 Å². The summed E-state index contributed by atoms with van der Waals surface area (Å²) in [5.41, 5.74) is 0. The second kappa shape index (κ2) is 6.74. The Hall–Kier alpha value is -1.56. The molecule has 1 aromatic rings. The van der Waals surface area contributed by atoms with Gasteiger partial charge in [0.1, 0.15) is 5.75 Å². The highest BCUT2D eigenvalue weighted by molar-refractivity contribution is 9.10.